The average molecular weight is 381 g/mol. The molecule has 0 fully saturated rings. The van der Waals surface area contributed by atoms with E-state index < -0.39 is 30.3 Å². The van der Waals surface area contributed by atoms with Gasteiger partial charge in [0.05, 0.1) is 12.1 Å². The lowest BCUT2D eigenvalue weighted by atomic mass is 10.2. The van der Waals surface area contributed by atoms with Gasteiger partial charge in [-0.3, -0.25) is 10.2 Å². The lowest BCUT2D eigenvalue weighted by Gasteiger charge is -2.11. The van der Waals surface area contributed by atoms with Crippen molar-refractivity contribution in [3.63, 3.8) is 0 Å². The summed E-state index contributed by atoms with van der Waals surface area (Å²) in [6.07, 6.45) is -12.5. The van der Waals surface area contributed by atoms with Crippen molar-refractivity contribution in [2.45, 2.75) is 18.8 Å². The number of nitrogens with zero attached hydrogens (tertiary/aromatic N) is 2. The SMILES string of the molecule is O=C(C/C(=N/Nc1nc(-c2ccccc2)cs1)C(F)(F)F)C(F)(F)F. The molecule has 0 spiro atoms. The Hall–Kier alpha value is -2.43. The zero-order valence-corrected chi connectivity index (χ0v) is 13.0. The number of benzene rings is 1. The zero-order valence-electron chi connectivity index (χ0n) is 12.1. The Balaban J connectivity index is 2.16. The molecule has 0 saturated carbocycles. The average Bonchev–Trinajstić information content (AvgIpc) is 2.99. The summed E-state index contributed by atoms with van der Waals surface area (Å²) in [5, 5.41) is 4.38. The minimum Gasteiger partial charge on any atom is -0.289 e. The fourth-order valence-electron chi connectivity index (χ4n) is 1.64. The number of ketones is 1. The van der Waals surface area contributed by atoms with E-state index in [9.17, 15) is 31.1 Å². The van der Waals surface area contributed by atoms with Gasteiger partial charge in [-0.05, 0) is 0 Å². The zero-order chi connectivity index (χ0) is 18.7. The number of carbonyl (C=O) groups excluding carboxylic acids is 1. The van der Waals surface area contributed by atoms with Gasteiger partial charge in [-0.2, -0.15) is 31.4 Å². The molecule has 2 aromatic rings. The van der Waals surface area contributed by atoms with Crippen LogP contribution in [0.2, 0.25) is 0 Å². The van der Waals surface area contributed by atoms with E-state index in [0.29, 0.717) is 11.3 Å². The summed E-state index contributed by atoms with van der Waals surface area (Å²) in [5.74, 6) is -2.53. The predicted molar refractivity (Wildman–Crippen MR) is 80.3 cm³/mol. The lowest BCUT2D eigenvalue weighted by molar-refractivity contribution is -0.170. The van der Waals surface area contributed by atoms with Gasteiger partial charge in [0.1, 0.15) is 5.71 Å². The number of anilines is 1. The molecule has 0 aliphatic carbocycles. The Morgan fingerprint density at radius 3 is 2.28 bits per heavy atom. The third-order valence-electron chi connectivity index (χ3n) is 2.83. The van der Waals surface area contributed by atoms with Crippen LogP contribution in [0.3, 0.4) is 0 Å². The Morgan fingerprint density at radius 1 is 1.08 bits per heavy atom. The second-order valence-electron chi connectivity index (χ2n) is 4.67. The van der Waals surface area contributed by atoms with Crippen molar-refractivity contribution < 1.29 is 31.1 Å². The number of hydrogen-bond donors (Lipinski definition) is 1. The minimum atomic E-state index is -5.37. The number of rotatable bonds is 5. The third-order valence-corrected chi connectivity index (χ3v) is 3.58. The van der Waals surface area contributed by atoms with Crippen molar-refractivity contribution in [1.82, 2.24) is 4.98 Å². The van der Waals surface area contributed by atoms with Gasteiger partial charge in [-0.15, -0.1) is 11.3 Å². The maximum atomic E-state index is 12.7. The van der Waals surface area contributed by atoms with E-state index in [1.807, 2.05) is 5.43 Å². The Morgan fingerprint density at radius 2 is 1.72 bits per heavy atom. The van der Waals surface area contributed by atoms with Gasteiger partial charge in [0, 0.05) is 10.9 Å². The van der Waals surface area contributed by atoms with E-state index in [2.05, 4.69) is 10.1 Å². The molecule has 0 atom stereocenters. The molecule has 0 aliphatic heterocycles. The molecule has 1 aromatic heterocycles. The van der Waals surface area contributed by atoms with Gasteiger partial charge in [-0.25, -0.2) is 4.98 Å². The van der Waals surface area contributed by atoms with Crippen molar-refractivity contribution in [3.05, 3.63) is 35.7 Å². The number of carbonyl (C=O) groups is 1. The monoisotopic (exact) mass is 381 g/mol. The highest BCUT2D eigenvalue weighted by Crippen LogP contribution is 2.27. The first kappa shape index (κ1) is 18.9. The molecular formula is C14H9F6N3OS. The first-order valence-corrected chi connectivity index (χ1v) is 7.46. The van der Waals surface area contributed by atoms with Crippen molar-refractivity contribution in [1.29, 1.82) is 0 Å². The van der Waals surface area contributed by atoms with E-state index in [0.717, 1.165) is 11.3 Å². The molecule has 0 unspecified atom stereocenters. The Labute approximate surface area is 141 Å². The summed E-state index contributed by atoms with van der Waals surface area (Å²) < 4.78 is 74.7. The van der Waals surface area contributed by atoms with Crippen molar-refractivity contribution in [2.75, 3.05) is 5.43 Å². The second kappa shape index (κ2) is 7.21. The Kier molecular flexibility index (Phi) is 5.45. The lowest BCUT2D eigenvalue weighted by Crippen LogP contribution is -2.32. The van der Waals surface area contributed by atoms with Crippen LogP contribution in [0, 0.1) is 0 Å². The molecule has 0 amide bonds. The van der Waals surface area contributed by atoms with Crippen LogP contribution in [0.5, 0.6) is 0 Å². The number of halogens is 6. The number of hydrazone groups is 1. The van der Waals surface area contributed by atoms with Crippen LogP contribution in [0.4, 0.5) is 31.5 Å². The maximum absolute atomic E-state index is 12.7. The molecule has 1 heterocycles. The molecule has 4 nitrogen and oxygen atoms in total. The molecule has 0 aliphatic rings. The van der Waals surface area contributed by atoms with Gasteiger partial charge < -0.3 is 0 Å². The molecule has 1 aromatic carbocycles. The fourth-order valence-corrected chi connectivity index (χ4v) is 2.30. The summed E-state index contributed by atoms with van der Waals surface area (Å²) in [7, 11) is 0. The highest BCUT2D eigenvalue weighted by atomic mass is 32.1. The van der Waals surface area contributed by atoms with Crippen LogP contribution in [0.25, 0.3) is 11.3 Å². The Bertz CT molecular complexity index is 767. The quantitative estimate of drug-likeness (QED) is 0.466. The molecule has 0 radical (unpaired) electrons. The molecule has 2 rings (SSSR count). The van der Waals surface area contributed by atoms with Crippen molar-refractivity contribution in [2.24, 2.45) is 5.10 Å². The number of thiazole rings is 1. The number of Topliss-reactive ketones (excluding diaryl/α,β-unsaturated/α-hetero) is 1. The van der Waals surface area contributed by atoms with Crippen molar-refractivity contribution in [3.8, 4) is 11.3 Å². The summed E-state index contributed by atoms with van der Waals surface area (Å²) in [5.41, 5.74) is 1.24. The molecular weight excluding hydrogens is 372 g/mol. The van der Waals surface area contributed by atoms with E-state index in [1.54, 1.807) is 35.7 Å². The summed E-state index contributed by atoms with van der Waals surface area (Å²) in [6, 6.07) is 8.71. The topological polar surface area (TPSA) is 54.4 Å². The summed E-state index contributed by atoms with van der Waals surface area (Å²) in [6.45, 7) is 0. The van der Waals surface area contributed by atoms with E-state index in [1.165, 1.54) is 0 Å². The molecule has 25 heavy (non-hydrogen) atoms. The molecule has 1 N–H and O–H groups in total. The van der Waals surface area contributed by atoms with Gasteiger partial charge in [0.15, 0.2) is 0 Å². The van der Waals surface area contributed by atoms with Gasteiger partial charge in [0.25, 0.3) is 0 Å². The highest BCUT2D eigenvalue weighted by Gasteiger charge is 2.45. The van der Waals surface area contributed by atoms with E-state index in [4.69, 9.17) is 0 Å². The predicted octanol–water partition coefficient (Wildman–Crippen LogP) is 4.66. The standard InChI is InChI=1S/C14H9F6N3OS/c15-13(16,17)10(6-11(24)14(18,19)20)22-23-12-21-9(7-25-12)8-4-2-1-3-5-8/h1-5,7H,6H2,(H,21,23)/b22-10-. The maximum Gasteiger partial charge on any atom is 0.450 e. The fraction of sp³-hybridized carbons (Fsp3) is 0.214. The van der Waals surface area contributed by atoms with Gasteiger partial charge >= 0.3 is 12.4 Å². The van der Waals surface area contributed by atoms with Crippen molar-refractivity contribution >= 4 is 28.0 Å². The van der Waals surface area contributed by atoms with Crippen LogP contribution in [0.15, 0.2) is 40.8 Å². The number of hydrogen-bond acceptors (Lipinski definition) is 5. The van der Waals surface area contributed by atoms with E-state index >= 15 is 0 Å². The van der Waals surface area contributed by atoms with Crippen LogP contribution >= 0.6 is 11.3 Å². The second-order valence-corrected chi connectivity index (χ2v) is 5.53. The summed E-state index contributed by atoms with van der Waals surface area (Å²) >= 11 is 0.918. The van der Waals surface area contributed by atoms with Gasteiger partial charge in [-0.1, -0.05) is 30.3 Å². The third kappa shape index (κ3) is 5.28. The number of nitrogens with one attached hydrogen (secondary N) is 1. The smallest absolute Gasteiger partial charge is 0.289 e. The number of alkyl halides is 6. The highest BCUT2D eigenvalue weighted by molar-refractivity contribution is 7.14. The van der Waals surface area contributed by atoms with Gasteiger partial charge in [0.2, 0.25) is 10.9 Å². The molecule has 11 heteroatoms. The molecule has 0 saturated heterocycles. The molecule has 134 valence electrons. The molecule has 0 bridgehead atoms. The van der Waals surface area contributed by atoms with Crippen LogP contribution in [-0.4, -0.2) is 28.8 Å². The number of aromatic nitrogens is 1. The van der Waals surface area contributed by atoms with Crippen LogP contribution in [-0.2, 0) is 4.79 Å². The van der Waals surface area contributed by atoms with Crippen LogP contribution < -0.4 is 5.43 Å². The van der Waals surface area contributed by atoms with E-state index in [-0.39, 0.29) is 5.13 Å². The largest absolute Gasteiger partial charge is 0.450 e. The first-order chi connectivity index (χ1) is 11.6. The first-order valence-electron chi connectivity index (χ1n) is 6.58. The summed E-state index contributed by atoms with van der Waals surface area (Å²) in [4.78, 5) is 14.8. The minimum absolute atomic E-state index is 0.0555. The van der Waals surface area contributed by atoms with Crippen LogP contribution in [0.1, 0.15) is 6.42 Å². The normalized spacial score (nSPS) is 13.0.